The summed E-state index contributed by atoms with van der Waals surface area (Å²) in [5.74, 6) is -0.245. The van der Waals surface area contributed by atoms with Crippen LogP contribution in [0.15, 0.2) is 0 Å². The van der Waals surface area contributed by atoms with Gasteiger partial charge in [0.05, 0.1) is 0 Å². The average molecular weight is 131 g/mol. The lowest BCUT2D eigenvalue weighted by Gasteiger charge is -1.73. The van der Waals surface area contributed by atoms with Crippen LogP contribution in [0.5, 0.6) is 0 Å². The van der Waals surface area contributed by atoms with Crippen LogP contribution in [0.3, 0.4) is 0 Å². The molecule has 2 nitrogen and oxygen atoms in total. The molecule has 0 aliphatic rings. The van der Waals surface area contributed by atoms with Gasteiger partial charge in [-0.15, -0.1) is 0 Å². The van der Waals surface area contributed by atoms with Crippen molar-refractivity contribution in [2.45, 2.75) is 40.0 Å². The molecule has 0 aromatic carbocycles. The Balaban J connectivity index is 0. The topological polar surface area (TPSA) is 43.1 Å². The summed E-state index contributed by atoms with van der Waals surface area (Å²) in [5.41, 5.74) is 4.65. The Kier molecular flexibility index (Phi) is 13.1. The third-order valence-electron chi connectivity index (χ3n) is 0.848. The van der Waals surface area contributed by atoms with Crippen molar-refractivity contribution in [3.63, 3.8) is 0 Å². The summed E-state index contributed by atoms with van der Waals surface area (Å²) in [5, 5.41) is 0. The molecule has 0 radical (unpaired) electrons. The molecule has 0 rings (SSSR count). The lowest BCUT2D eigenvalue weighted by atomic mass is 10.4. The minimum Gasteiger partial charge on any atom is -0.370 e. The van der Waals surface area contributed by atoms with Crippen LogP contribution < -0.4 is 5.73 Å². The largest absolute Gasteiger partial charge is 0.370 e. The van der Waals surface area contributed by atoms with E-state index in [2.05, 4.69) is 19.6 Å². The maximum Gasteiger partial charge on any atom is 0.217 e. The molecule has 0 saturated heterocycles. The van der Waals surface area contributed by atoms with Gasteiger partial charge in [-0.2, -0.15) is 0 Å². The van der Waals surface area contributed by atoms with Crippen LogP contribution in [-0.4, -0.2) is 5.91 Å². The molecule has 2 N–H and O–H groups in total. The summed E-state index contributed by atoms with van der Waals surface area (Å²) in [4.78, 5) is 9.59. The number of nitrogens with two attached hydrogens (primary N) is 1. The highest BCUT2D eigenvalue weighted by Crippen LogP contribution is 1.76. The normalized spacial score (nSPS) is 7.44. The molecule has 0 aromatic heterocycles. The molecule has 0 unspecified atom stereocenters. The van der Waals surface area contributed by atoms with Gasteiger partial charge < -0.3 is 5.73 Å². The van der Waals surface area contributed by atoms with E-state index < -0.39 is 0 Å². The summed E-state index contributed by atoms with van der Waals surface area (Å²) in [6, 6.07) is 0. The van der Waals surface area contributed by atoms with Crippen LogP contribution in [0.25, 0.3) is 0 Å². The van der Waals surface area contributed by atoms with E-state index in [-0.39, 0.29) is 5.91 Å². The zero-order valence-electron chi connectivity index (χ0n) is 6.61. The molecule has 0 aromatic rings. The summed E-state index contributed by atoms with van der Waals surface area (Å²) in [7, 11) is 0. The van der Waals surface area contributed by atoms with E-state index in [1.54, 1.807) is 6.92 Å². The van der Waals surface area contributed by atoms with E-state index >= 15 is 0 Å². The quantitative estimate of drug-likeness (QED) is 0.608. The fraction of sp³-hybridized carbons (Fsp3) is 0.857. The zero-order chi connectivity index (χ0) is 7.70. The third-order valence-corrected chi connectivity index (χ3v) is 0.848. The van der Waals surface area contributed by atoms with Gasteiger partial charge in [-0.3, -0.25) is 4.79 Å². The molecule has 0 fully saturated rings. The van der Waals surface area contributed by atoms with Gasteiger partial charge in [-0.05, 0) is 0 Å². The number of carbonyl (C=O) groups is 1. The summed E-state index contributed by atoms with van der Waals surface area (Å²) < 4.78 is 0. The first-order valence-corrected chi connectivity index (χ1v) is 3.47. The van der Waals surface area contributed by atoms with E-state index in [1.807, 2.05) is 0 Å². The van der Waals surface area contributed by atoms with Crippen LogP contribution in [0.4, 0.5) is 0 Å². The van der Waals surface area contributed by atoms with Gasteiger partial charge in [0.15, 0.2) is 0 Å². The maximum absolute atomic E-state index is 9.59. The van der Waals surface area contributed by atoms with Gasteiger partial charge in [0, 0.05) is 6.42 Å². The molecular weight excluding hydrogens is 114 g/mol. The standard InChI is InChI=1S/C4H10.C3H7NO/c1-3-4-2;1-2-3(4)5/h3-4H2,1-2H3;2H2,1H3,(H2,4,5). The predicted octanol–water partition coefficient (Wildman–Crippen LogP) is 1.69. The van der Waals surface area contributed by atoms with Crippen molar-refractivity contribution in [3.05, 3.63) is 0 Å². The van der Waals surface area contributed by atoms with Crippen LogP contribution in [0, 0.1) is 0 Å². The van der Waals surface area contributed by atoms with Gasteiger partial charge in [0.2, 0.25) is 5.91 Å². The lowest BCUT2D eigenvalue weighted by molar-refractivity contribution is -0.117. The average Bonchev–Trinajstić information content (AvgIpc) is 1.89. The van der Waals surface area contributed by atoms with E-state index in [4.69, 9.17) is 0 Å². The van der Waals surface area contributed by atoms with Gasteiger partial charge in [-0.25, -0.2) is 0 Å². The van der Waals surface area contributed by atoms with Crippen LogP contribution in [0.1, 0.15) is 40.0 Å². The third kappa shape index (κ3) is 36.6. The van der Waals surface area contributed by atoms with Gasteiger partial charge >= 0.3 is 0 Å². The number of unbranched alkanes of at least 4 members (excludes halogenated alkanes) is 1. The smallest absolute Gasteiger partial charge is 0.217 e. The Morgan fingerprint density at radius 1 is 1.22 bits per heavy atom. The molecule has 0 saturated carbocycles. The van der Waals surface area contributed by atoms with Gasteiger partial charge in [-0.1, -0.05) is 33.6 Å². The Morgan fingerprint density at radius 3 is 1.44 bits per heavy atom. The Hall–Kier alpha value is -0.530. The molecule has 56 valence electrons. The van der Waals surface area contributed by atoms with Crippen molar-refractivity contribution in [1.29, 1.82) is 0 Å². The van der Waals surface area contributed by atoms with Crippen molar-refractivity contribution in [3.8, 4) is 0 Å². The molecule has 2 heteroatoms. The molecule has 0 aliphatic heterocycles. The first-order valence-electron chi connectivity index (χ1n) is 3.47. The van der Waals surface area contributed by atoms with E-state index in [1.165, 1.54) is 12.8 Å². The molecule has 0 bridgehead atoms. The summed E-state index contributed by atoms with van der Waals surface area (Å²) in [6.45, 7) is 6.09. The zero-order valence-corrected chi connectivity index (χ0v) is 6.61. The van der Waals surface area contributed by atoms with Gasteiger partial charge in [0.1, 0.15) is 0 Å². The van der Waals surface area contributed by atoms with Crippen molar-refractivity contribution >= 4 is 5.91 Å². The van der Waals surface area contributed by atoms with Crippen LogP contribution in [0.2, 0.25) is 0 Å². The van der Waals surface area contributed by atoms with Gasteiger partial charge in [0.25, 0.3) is 0 Å². The number of amides is 1. The first-order chi connectivity index (χ1) is 4.18. The fourth-order valence-electron chi connectivity index (χ4n) is 0. The minimum absolute atomic E-state index is 0.245. The minimum atomic E-state index is -0.245. The SMILES string of the molecule is CCC(N)=O.CCCC. The maximum atomic E-state index is 9.59. The molecule has 1 amide bonds. The molecular formula is C7H17NO. The number of hydrogen-bond acceptors (Lipinski definition) is 1. The highest BCUT2D eigenvalue weighted by atomic mass is 16.1. The molecule has 0 spiro atoms. The predicted molar refractivity (Wildman–Crippen MR) is 40.1 cm³/mol. The molecule has 0 aliphatic carbocycles. The monoisotopic (exact) mass is 131 g/mol. The van der Waals surface area contributed by atoms with E-state index in [0.717, 1.165) is 0 Å². The number of rotatable bonds is 2. The second-order valence-corrected chi connectivity index (χ2v) is 1.82. The molecule has 9 heavy (non-hydrogen) atoms. The Bertz CT molecular complexity index is 59.9. The Labute approximate surface area is 57.4 Å². The second kappa shape index (κ2) is 10.5. The molecule has 0 atom stereocenters. The molecule has 0 heterocycles. The fourth-order valence-corrected chi connectivity index (χ4v) is 0. The van der Waals surface area contributed by atoms with Crippen molar-refractivity contribution in [2.75, 3.05) is 0 Å². The van der Waals surface area contributed by atoms with E-state index in [0.29, 0.717) is 6.42 Å². The Morgan fingerprint density at radius 2 is 1.44 bits per heavy atom. The second-order valence-electron chi connectivity index (χ2n) is 1.82. The van der Waals surface area contributed by atoms with Crippen LogP contribution >= 0.6 is 0 Å². The highest BCUT2D eigenvalue weighted by molar-refractivity contribution is 5.73. The van der Waals surface area contributed by atoms with Crippen LogP contribution in [-0.2, 0) is 4.79 Å². The summed E-state index contributed by atoms with van der Waals surface area (Å²) in [6.07, 6.45) is 3.08. The van der Waals surface area contributed by atoms with E-state index in [9.17, 15) is 4.79 Å². The number of hydrogen-bond donors (Lipinski definition) is 1. The number of carbonyl (C=O) groups excluding carboxylic acids is 1. The van der Waals surface area contributed by atoms with Crippen molar-refractivity contribution in [1.82, 2.24) is 0 Å². The highest BCUT2D eigenvalue weighted by Gasteiger charge is 1.77. The lowest BCUT2D eigenvalue weighted by Crippen LogP contribution is -2.06. The van der Waals surface area contributed by atoms with Crippen molar-refractivity contribution < 1.29 is 4.79 Å². The number of primary amides is 1. The van der Waals surface area contributed by atoms with Crippen molar-refractivity contribution in [2.24, 2.45) is 5.73 Å². The first kappa shape index (κ1) is 11.3. The summed E-state index contributed by atoms with van der Waals surface area (Å²) >= 11 is 0.